The Morgan fingerprint density at radius 1 is 0.944 bits per heavy atom. The second kappa shape index (κ2) is 12.8. The molecule has 0 heterocycles. The highest BCUT2D eigenvalue weighted by atomic mass is 16.5. The monoisotopic (exact) mass is 259 g/mol. The van der Waals surface area contributed by atoms with Crippen molar-refractivity contribution in [3.8, 4) is 0 Å². The third-order valence-corrected chi connectivity index (χ3v) is 2.72. The van der Waals surface area contributed by atoms with E-state index in [4.69, 9.17) is 9.47 Å². The van der Waals surface area contributed by atoms with Crippen molar-refractivity contribution in [2.24, 2.45) is 0 Å². The van der Waals surface area contributed by atoms with E-state index in [1.165, 1.54) is 12.8 Å². The van der Waals surface area contributed by atoms with Crippen molar-refractivity contribution in [3.63, 3.8) is 0 Å². The summed E-state index contributed by atoms with van der Waals surface area (Å²) in [7, 11) is 1.82. The first-order valence-corrected chi connectivity index (χ1v) is 7.11. The molecule has 0 aliphatic carbocycles. The smallest absolute Gasteiger partial charge is 0.222 e. The largest absolute Gasteiger partial charge is 0.379 e. The second-order valence-electron chi connectivity index (χ2n) is 4.50. The fraction of sp³-hybridized carbons (Fsp3) is 0.929. The minimum Gasteiger partial charge on any atom is -0.379 e. The van der Waals surface area contributed by atoms with Crippen molar-refractivity contribution in [2.75, 3.05) is 40.0 Å². The van der Waals surface area contributed by atoms with Crippen LogP contribution in [0.5, 0.6) is 0 Å². The average molecular weight is 259 g/mol. The van der Waals surface area contributed by atoms with Gasteiger partial charge < -0.3 is 14.4 Å². The van der Waals surface area contributed by atoms with E-state index in [0.29, 0.717) is 32.8 Å². The third kappa shape index (κ3) is 10.5. The summed E-state index contributed by atoms with van der Waals surface area (Å²) in [5.74, 6) is 0.192. The molecule has 0 aromatic heterocycles. The van der Waals surface area contributed by atoms with Crippen molar-refractivity contribution in [2.45, 2.75) is 46.0 Å². The summed E-state index contributed by atoms with van der Waals surface area (Å²) in [6.07, 6.45) is 5.10. The summed E-state index contributed by atoms with van der Waals surface area (Å²) >= 11 is 0. The quantitative estimate of drug-likeness (QED) is 0.505. The number of hydrogen-bond acceptors (Lipinski definition) is 3. The van der Waals surface area contributed by atoms with Crippen LogP contribution in [0.3, 0.4) is 0 Å². The molecule has 0 saturated carbocycles. The number of likely N-dealkylation sites (N-methyl/N-ethyl adjacent to an activating group) is 1. The first-order valence-electron chi connectivity index (χ1n) is 7.11. The zero-order valence-corrected chi connectivity index (χ0v) is 12.2. The molecule has 0 N–H and O–H groups in total. The van der Waals surface area contributed by atoms with Gasteiger partial charge in [0.25, 0.3) is 0 Å². The van der Waals surface area contributed by atoms with E-state index in [1.807, 2.05) is 14.0 Å². The van der Waals surface area contributed by atoms with E-state index in [1.54, 1.807) is 4.90 Å². The second-order valence-corrected chi connectivity index (χ2v) is 4.50. The van der Waals surface area contributed by atoms with Crippen LogP contribution in [0.15, 0.2) is 0 Å². The number of carbonyl (C=O) groups excluding carboxylic acids is 1. The number of rotatable bonds is 12. The highest BCUT2D eigenvalue weighted by molar-refractivity contribution is 5.75. The van der Waals surface area contributed by atoms with Gasteiger partial charge in [0.05, 0.1) is 19.8 Å². The molecular weight excluding hydrogens is 230 g/mol. The van der Waals surface area contributed by atoms with Gasteiger partial charge in [-0.3, -0.25) is 4.79 Å². The molecule has 0 saturated heterocycles. The Morgan fingerprint density at radius 3 is 2.22 bits per heavy atom. The molecule has 0 unspecified atom stereocenters. The summed E-state index contributed by atoms with van der Waals surface area (Å²) < 4.78 is 10.8. The van der Waals surface area contributed by atoms with Crippen LogP contribution >= 0.6 is 0 Å². The molecule has 0 radical (unpaired) electrons. The van der Waals surface area contributed by atoms with Crippen LogP contribution in [-0.4, -0.2) is 50.8 Å². The number of hydrogen-bond donors (Lipinski definition) is 0. The lowest BCUT2D eigenvalue weighted by Crippen LogP contribution is -2.30. The number of amides is 1. The van der Waals surface area contributed by atoms with Crippen LogP contribution in [0.4, 0.5) is 0 Å². The summed E-state index contributed by atoms with van der Waals surface area (Å²) in [5, 5.41) is 0. The van der Waals surface area contributed by atoms with E-state index in [2.05, 4.69) is 6.92 Å². The molecule has 0 aromatic carbocycles. The predicted octanol–water partition coefficient (Wildman–Crippen LogP) is 2.47. The minimum absolute atomic E-state index is 0.192. The lowest BCUT2D eigenvalue weighted by atomic mass is 10.3. The van der Waals surface area contributed by atoms with Crippen molar-refractivity contribution >= 4 is 5.91 Å². The van der Waals surface area contributed by atoms with Gasteiger partial charge in [-0.05, 0) is 12.8 Å². The summed E-state index contributed by atoms with van der Waals surface area (Å²) in [6, 6.07) is 0. The highest BCUT2D eigenvalue weighted by Crippen LogP contribution is 1.95. The normalized spacial score (nSPS) is 10.6. The molecule has 0 rings (SSSR count). The van der Waals surface area contributed by atoms with Gasteiger partial charge in [-0.1, -0.05) is 26.7 Å². The number of ether oxygens (including phenoxy) is 2. The molecule has 0 fully saturated rings. The van der Waals surface area contributed by atoms with Crippen molar-refractivity contribution < 1.29 is 14.3 Å². The van der Waals surface area contributed by atoms with Gasteiger partial charge in [0, 0.05) is 26.6 Å². The van der Waals surface area contributed by atoms with Gasteiger partial charge in [-0.2, -0.15) is 0 Å². The van der Waals surface area contributed by atoms with Gasteiger partial charge in [-0.15, -0.1) is 0 Å². The molecule has 0 aliphatic heterocycles. The first-order chi connectivity index (χ1) is 8.72. The minimum atomic E-state index is 0.192. The Hall–Kier alpha value is -0.610. The lowest BCUT2D eigenvalue weighted by molar-refractivity contribution is -0.130. The van der Waals surface area contributed by atoms with Gasteiger partial charge in [0.1, 0.15) is 0 Å². The molecular formula is C14H29NO3. The Morgan fingerprint density at radius 2 is 1.61 bits per heavy atom. The van der Waals surface area contributed by atoms with E-state index in [-0.39, 0.29) is 5.91 Å². The van der Waals surface area contributed by atoms with Crippen LogP contribution in [0.25, 0.3) is 0 Å². The molecule has 0 bridgehead atoms. The molecule has 4 nitrogen and oxygen atoms in total. The lowest BCUT2D eigenvalue weighted by Gasteiger charge is -2.16. The van der Waals surface area contributed by atoms with E-state index in [0.717, 1.165) is 19.4 Å². The summed E-state index contributed by atoms with van der Waals surface area (Å²) in [6.45, 7) is 7.53. The van der Waals surface area contributed by atoms with Crippen molar-refractivity contribution in [1.82, 2.24) is 4.90 Å². The average Bonchev–Trinajstić information content (AvgIpc) is 2.36. The fourth-order valence-electron chi connectivity index (χ4n) is 1.51. The van der Waals surface area contributed by atoms with Crippen molar-refractivity contribution in [3.05, 3.63) is 0 Å². The number of carbonyl (C=O) groups is 1. The Bertz CT molecular complexity index is 197. The van der Waals surface area contributed by atoms with Gasteiger partial charge >= 0.3 is 0 Å². The van der Waals surface area contributed by atoms with E-state index >= 15 is 0 Å². The maximum absolute atomic E-state index is 11.5. The van der Waals surface area contributed by atoms with Gasteiger partial charge in [-0.25, -0.2) is 0 Å². The van der Waals surface area contributed by atoms with Crippen LogP contribution in [0, 0.1) is 0 Å². The van der Waals surface area contributed by atoms with Crippen molar-refractivity contribution in [1.29, 1.82) is 0 Å². The maximum Gasteiger partial charge on any atom is 0.222 e. The number of unbranched alkanes of at least 4 members (excludes halogenated alkanes) is 2. The summed E-state index contributed by atoms with van der Waals surface area (Å²) in [5.41, 5.74) is 0. The molecule has 0 aromatic rings. The predicted molar refractivity (Wildman–Crippen MR) is 73.7 cm³/mol. The summed E-state index contributed by atoms with van der Waals surface area (Å²) in [4.78, 5) is 13.2. The molecule has 0 aliphatic rings. The topological polar surface area (TPSA) is 38.8 Å². The number of nitrogens with zero attached hydrogens (tertiary/aromatic N) is 1. The van der Waals surface area contributed by atoms with Gasteiger partial charge in [0.2, 0.25) is 5.91 Å². The van der Waals surface area contributed by atoms with Crippen LogP contribution in [0.1, 0.15) is 46.0 Å². The first kappa shape index (κ1) is 17.4. The third-order valence-electron chi connectivity index (χ3n) is 2.72. The van der Waals surface area contributed by atoms with Crippen LogP contribution < -0.4 is 0 Å². The molecule has 1 amide bonds. The SMILES string of the molecule is CCCCCOCCOCCN(C)C(=O)CCC. The standard InChI is InChI=1S/C14H29NO3/c1-4-6-7-10-17-12-13-18-11-9-15(3)14(16)8-5-2/h4-13H2,1-3H3. The molecule has 4 heteroatoms. The van der Waals surface area contributed by atoms with Crippen LogP contribution in [-0.2, 0) is 14.3 Å². The van der Waals surface area contributed by atoms with Crippen LogP contribution in [0.2, 0.25) is 0 Å². The Kier molecular flexibility index (Phi) is 12.4. The maximum atomic E-state index is 11.5. The Labute approximate surface area is 112 Å². The molecule has 108 valence electrons. The van der Waals surface area contributed by atoms with E-state index in [9.17, 15) is 4.79 Å². The Balaban J connectivity index is 3.22. The van der Waals surface area contributed by atoms with Gasteiger partial charge in [0.15, 0.2) is 0 Å². The molecule has 18 heavy (non-hydrogen) atoms. The molecule has 0 spiro atoms. The fourth-order valence-corrected chi connectivity index (χ4v) is 1.51. The van der Waals surface area contributed by atoms with E-state index < -0.39 is 0 Å². The zero-order chi connectivity index (χ0) is 13.6. The highest BCUT2D eigenvalue weighted by Gasteiger charge is 2.05. The zero-order valence-electron chi connectivity index (χ0n) is 12.2. The molecule has 0 atom stereocenters.